The highest BCUT2D eigenvalue weighted by Gasteiger charge is 2.16. The summed E-state index contributed by atoms with van der Waals surface area (Å²) in [5.41, 5.74) is 3.59. The lowest BCUT2D eigenvalue weighted by Gasteiger charge is -2.11. The second-order valence-corrected chi connectivity index (χ2v) is 6.57. The monoisotopic (exact) mass is 364 g/mol. The van der Waals surface area contributed by atoms with Crippen molar-refractivity contribution in [3.63, 3.8) is 0 Å². The number of aryl methyl sites for hydroxylation is 1. The minimum atomic E-state index is -0.0906. The van der Waals surface area contributed by atoms with Crippen molar-refractivity contribution >= 4 is 11.6 Å². The smallest absolute Gasteiger partial charge is 0.336 e. The molecule has 3 rings (SSSR count). The first-order chi connectivity index (χ1) is 13.0. The van der Waals surface area contributed by atoms with Crippen molar-refractivity contribution in [3.8, 4) is 23.1 Å². The molecule has 0 aliphatic carbocycles. The maximum Gasteiger partial charge on any atom is 0.336 e. The van der Waals surface area contributed by atoms with Gasteiger partial charge in [-0.1, -0.05) is 44.2 Å². The summed E-state index contributed by atoms with van der Waals surface area (Å²) in [4.78, 5) is 16.6. The summed E-state index contributed by atoms with van der Waals surface area (Å²) in [5, 5.41) is 7.44. The number of hydrogen-bond acceptors (Lipinski definition) is 4. The third kappa shape index (κ3) is 4.16. The van der Waals surface area contributed by atoms with Gasteiger partial charge in [-0.25, -0.2) is 4.68 Å². The molecule has 1 amide bonds. The van der Waals surface area contributed by atoms with Crippen molar-refractivity contribution in [1.29, 1.82) is 0 Å². The summed E-state index contributed by atoms with van der Waals surface area (Å²) in [7, 11) is 0. The second-order valence-electron chi connectivity index (χ2n) is 6.57. The molecule has 0 aliphatic rings. The molecule has 0 unspecified atom stereocenters. The summed E-state index contributed by atoms with van der Waals surface area (Å²) in [6.07, 6.45) is 0. The molecular weight excluding hydrogens is 340 g/mol. The van der Waals surface area contributed by atoms with Gasteiger partial charge in [0, 0.05) is 17.2 Å². The summed E-state index contributed by atoms with van der Waals surface area (Å²) in [6, 6.07) is 15.9. The first-order valence-corrected chi connectivity index (χ1v) is 9.06. The van der Waals surface area contributed by atoms with E-state index in [4.69, 9.17) is 4.74 Å². The highest BCUT2D eigenvalue weighted by Crippen LogP contribution is 2.27. The van der Waals surface area contributed by atoms with Gasteiger partial charge in [0.25, 0.3) is 0 Å². The van der Waals surface area contributed by atoms with E-state index in [0.29, 0.717) is 18.4 Å². The number of rotatable bonds is 6. The largest absolute Gasteiger partial charge is 0.463 e. The predicted molar refractivity (Wildman–Crippen MR) is 106 cm³/mol. The highest BCUT2D eigenvalue weighted by atomic mass is 16.5. The van der Waals surface area contributed by atoms with E-state index in [1.54, 1.807) is 4.68 Å². The molecule has 6 heteroatoms. The van der Waals surface area contributed by atoms with Crippen LogP contribution in [0.5, 0.6) is 6.01 Å². The van der Waals surface area contributed by atoms with Crippen LogP contribution in [0.25, 0.3) is 17.1 Å². The van der Waals surface area contributed by atoms with Gasteiger partial charge < -0.3 is 10.1 Å². The molecule has 0 radical (unpaired) electrons. The van der Waals surface area contributed by atoms with Crippen LogP contribution in [-0.4, -0.2) is 27.3 Å². The standard InChI is InChI=1S/C21H24N4O2/c1-5-27-21-23-19(18-12-7-6-9-15(18)4)25(24-21)17-11-8-10-16(13-17)22-20(26)14(2)3/h6-14H,5H2,1-4H3,(H,22,26). The van der Waals surface area contributed by atoms with Crippen molar-refractivity contribution < 1.29 is 9.53 Å². The summed E-state index contributed by atoms with van der Waals surface area (Å²) in [6.45, 7) is 8.15. The topological polar surface area (TPSA) is 69.0 Å². The van der Waals surface area contributed by atoms with Crippen molar-refractivity contribution in [2.75, 3.05) is 11.9 Å². The quantitative estimate of drug-likeness (QED) is 0.710. The number of nitrogens with zero attached hydrogens (tertiary/aromatic N) is 3. The number of hydrogen-bond donors (Lipinski definition) is 1. The van der Waals surface area contributed by atoms with E-state index in [9.17, 15) is 4.79 Å². The van der Waals surface area contributed by atoms with E-state index in [2.05, 4.69) is 15.4 Å². The predicted octanol–water partition coefficient (Wildman–Crippen LogP) is 4.24. The number of nitrogens with one attached hydrogen (secondary N) is 1. The van der Waals surface area contributed by atoms with E-state index in [1.807, 2.05) is 76.2 Å². The molecule has 2 aromatic carbocycles. The number of carbonyl (C=O) groups is 1. The zero-order valence-electron chi connectivity index (χ0n) is 16.1. The van der Waals surface area contributed by atoms with Gasteiger partial charge >= 0.3 is 6.01 Å². The SMILES string of the molecule is CCOc1nc(-c2ccccc2C)n(-c2cccc(NC(=O)C(C)C)c2)n1. The van der Waals surface area contributed by atoms with Gasteiger partial charge in [0.15, 0.2) is 5.82 Å². The fraction of sp³-hybridized carbons (Fsp3) is 0.286. The summed E-state index contributed by atoms with van der Waals surface area (Å²) >= 11 is 0. The van der Waals surface area contributed by atoms with Crippen LogP contribution in [0.1, 0.15) is 26.3 Å². The van der Waals surface area contributed by atoms with Crippen LogP contribution in [0.4, 0.5) is 5.69 Å². The molecule has 6 nitrogen and oxygen atoms in total. The van der Waals surface area contributed by atoms with Crippen LogP contribution in [0.2, 0.25) is 0 Å². The second kappa shape index (κ2) is 8.03. The zero-order chi connectivity index (χ0) is 19.4. The lowest BCUT2D eigenvalue weighted by molar-refractivity contribution is -0.118. The fourth-order valence-corrected chi connectivity index (χ4v) is 2.66. The average Bonchev–Trinajstić information content (AvgIpc) is 3.06. The Morgan fingerprint density at radius 3 is 2.67 bits per heavy atom. The van der Waals surface area contributed by atoms with E-state index < -0.39 is 0 Å². The third-order valence-corrected chi connectivity index (χ3v) is 4.13. The number of aromatic nitrogens is 3. The summed E-state index contributed by atoms with van der Waals surface area (Å²) < 4.78 is 7.27. The number of ether oxygens (including phenoxy) is 1. The van der Waals surface area contributed by atoms with Gasteiger partial charge in [0.05, 0.1) is 12.3 Å². The number of anilines is 1. The molecule has 0 aliphatic heterocycles. The molecule has 0 saturated heterocycles. The van der Waals surface area contributed by atoms with Gasteiger partial charge in [0.1, 0.15) is 0 Å². The third-order valence-electron chi connectivity index (χ3n) is 4.13. The van der Waals surface area contributed by atoms with Crippen LogP contribution in [0.3, 0.4) is 0 Å². The van der Waals surface area contributed by atoms with Crippen molar-refractivity contribution in [1.82, 2.24) is 14.8 Å². The Hall–Kier alpha value is -3.15. The molecule has 3 aromatic rings. The molecule has 1 N–H and O–H groups in total. The first kappa shape index (κ1) is 18.6. The van der Waals surface area contributed by atoms with E-state index in [0.717, 1.165) is 22.5 Å². The minimum absolute atomic E-state index is 0.0279. The zero-order valence-corrected chi connectivity index (χ0v) is 16.1. The number of amides is 1. The Bertz CT molecular complexity index is 947. The molecule has 0 atom stereocenters. The van der Waals surface area contributed by atoms with Gasteiger partial charge in [-0.3, -0.25) is 4.79 Å². The molecule has 0 saturated carbocycles. The Morgan fingerprint density at radius 2 is 1.96 bits per heavy atom. The Labute approximate surface area is 159 Å². The number of benzene rings is 2. The van der Waals surface area contributed by atoms with Gasteiger partial charge in [-0.15, -0.1) is 5.10 Å². The van der Waals surface area contributed by atoms with Crippen molar-refractivity contribution in [2.45, 2.75) is 27.7 Å². The van der Waals surface area contributed by atoms with Crippen LogP contribution in [0.15, 0.2) is 48.5 Å². The van der Waals surface area contributed by atoms with E-state index in [1.165, 1.54) is 0 Å². The lowest BCUT2D eigenvalue weighted by atomic mass is 10.1. The van der Waals surface area contributed by atoms with Crippen molar-refractivity contribution in [3.05, 3.63) is 54.1 Å². The van der Waals surface area contributed by atoms with Gasteiger partial charge in [-0.2, -0.15) is 4.98 Å². The molecule has 1 heterocycles. The maximum atomic E-state index is 12.0. The Balaban J connectivity index is 2.06. The maximum absolute atomic E-state index is 12.0. The van der Waals surface area contributed by atoms with Crippen LogP contribution < -0.4 is 10.1 Å². The normalized spacial score (nSPS) is 10.9. The van der Waals surface area contributed by atoms with Crippen LogP contribution in [-0.2, 0) is 4.79 Å². The average molecular weight is 364 g/mol. The molecule has 1 aromatic heterocycles. The minimum Gasteiger partial charge on any atom is -0.463 e. The molecule has 0 fully saturated rings. The Morgan fingerprint density at radius 1 is 1.19 bits per heavy atom. The lowest BCUT2D eigenvalue weighted by Crippen LogP contribution is -2.17. The van der Waals surface area contributed by atoms with E-state index in [-0.39, 0.29) is 11.8 Å². The van der Waals surface area contributed by atoms with E-state index >= 15 is 0 Å². The molecular formula is C21H24N4O2. The van der Waals surface area contributed by atoms with Gasteiger partial charge in [0.2, 0.25) is 5.91 Å². The fourth-order valence-electron chi connectivity index (χ4n) is 2.66. The molecule has 0 spiro atoms. The van der Waals surface area contributed by atoms with Crippen LogP contribution >= 0.6 is 0 Å². The van der Waals surface area contributed by atoms with Crippen molar-refractivity contribution in [2.24, 2.45) is 5.92 Å². The molecule has 27 heavy (non-hydrogen) atoms. The number of carbonyl (C=O) groups excluding carboxylic acids is 1. The van der Waals surface area contributed by atoms with Crippen LogP contribution in [0, 0.1) is 12.8 Å². The Kier molecular flexibility index (Phi) is 5.54. The van der Waals surface area contributed by atoms with Gasteiger partial charge in [-0.05, 0) is 37.6 Å². The highest BCUT2D eigenvalue weighted by molar-refractivity contribution is 5.92. The molecule has 140 valence electrons. The first-order valence-electron chi connectivity index (χ1n) is 9.06. The summed E-state index contributed by atoms with van der Waals surface area (Å²) in [5.74, 6) is 0.580. The molecule has 0 bridgehead atoms.